The van der Waals surface area contributed by atoms with Gasteiger partial charge in [0.1, 0.15) is 0 Å². The number of sulfonamides is 1. The average molecular weight is 246 g/mol. The third-order valence-corrected chi connectivity index (χ3v) is 4.85. The van der Waals surface area contributed by atoms with Crippen LogP contribution in [0, 0.1) is 6.92 Å². The standard InChI is InChI=1S/C8H10N2O3S2/c1-6-7(5-14-9-6)8(11)10-3-2-4-15(10,12)13/h5H,2-4H2,1H3. The monoisotopic (exact) mass is 246 g/mol. The van der Waals surface area contributed by atoms with Crippen molar-refractivity contribution in [3.05, 3.63) is 16.6 Å². The lowest BCUT2D eigenvalue weighted by Crippen LogP contribution is -2.32. The van der Waals surface area contributed by atoms with Gasteiger partial charge in [-0.15, -0.1) is 0 Å². The lowest BCUT2D eigenvalue weighted by Gasteiger charge is -2.13. The predicted molar refractivity (Wildman–Crippen MR) is 56.3 cm³/mol. The molecule has 2 rings (SSSR count). The summed E-state index contributed by atoms with van der Waals surface area (Å²) in [4.78, 5) is 11.9. The molecule has 1 aromatic rings. The van der Waals surface area contributed by atoms with Crippen LogP contribution in [-0.2, 0) is 10.0 Å². The Balaban J connectivity index is 2.34. The molecule has 0 bridgehead atoms. The highest BCUT2D eigenvalue weighted by atomic mass is 32.2. The molecule has 0 aromatic carbocycles. The normalized spacial score (nSPS) is 19.4. The van der Waals surface area contributed by atoms with E-state index in [-0.39, 0.29) is 12.3 Å². The number of hydrogen-bond donors (Lipinski definition) is 0. The average Bonchev–Trinajstić information content (AvgIpc) is 2.70. The van der Waals surface area contributed by atoms with Crippen LogP contribution in [0.25, 0.3) is 0 Å². The molecule has 1 saturated heterocycles. The van der Waals surface area contributed by atoms with Crippen molar-refractivity contribution in [2.24, 2.45) is 0 Å². The second-order valence-electron chi connectivity index (χ2n) is 3.36. The lowest BCUT2D eigenvalue weighted by molar-refractivity contribution is 0.0869. The van der Waals surface area contributed by atoms with E-state index in [4.69, 9.17) is 0 Å². The highest BCUT2D eigenvalue weighted by Crippen LogP contribution is 2.19. The van der Waals surface area contributed by atoms with Crippen molar-refractivity contribution in [1.29, 1.82) is 0 Å². The van der Waals surface area contributed by atoms with E-state index in [9.17, 15) is 13.2 Å². The molecule has 1 aromatic heterocycles. The molecule has 7 heteroatoms. The number of hydrogen-bond acceptors (Lipinski definition) is 5. The van der Waals surface area contributed by atoms with Crippen LogP contribution in [0.15, 0.2) is 5.38 Å². The first-order valence-corrected chi connectivity index (χ1v) is 6.92. The van der Waals surface area contributed by atoms with Crippen molar-refractivity contribution in [3.8, 4) is 0 Å². The number of amides is 1. The summed E-state index contributed by atoms with van der Waals surface area (Å²) >= 11 is 1.16. The molecular weight excluding hydrogens is 236 g/mol. The molecule has 1 amide bonds. The van der Waals surface area contributed by atoms with Gasteiger partial charge >= 0.3 is 0 Å². The molecule has 0 saturated carbocycles. The Bertz CT molecular complexity index is 492. The maximum atomic E-state index is 11.9. The minimum Gasteiger partial charge on any atom is -0.268 e. The lowest BCUT2D eigenvalue weighted by atomic mass is 10.2. The number of carbonyl (C=O) groups is 1. The van der Waals surface area contributed by atoms with Gasteiger partial charge in [0, 0.05) is 11.9 Å². The van der Waals surface area contributed by atoms with E-state index in [1.54, 1.807) is 12.3 Å². The van der Waals surface area contributed by atoms with Crippen molar-refractivity contribution in [2.45, 2.75) is 13.3 Å². The molecule has 0 unspecified atom stereocenters. The first kappa shape index (κ1) is 10.6. The second-order valence-corrected chi connectivity index (χ2v) is 6.00. The van der Waals surface area contributed by atoms with Gasteiger partial charge in [-0.25, -0.2) is 12.7 Å². The highest BCUT2D eigenvalue weighted by Gasteiger charge is 2.34. The van der Waals surface area contributed by atoms with Crippen molar-refractivity contribution in [2.75, 3.05) is 12.3 Å². The molecule has 1 aliphatic heterocycles. The van der Waals surface area contributed by atoms with Gasteiger partial charge in [0.15, 0.2) is 0 Å². The summed E-state index contributed by atoms with van der Waals surface area (Å²) in [5, 5.41) is 1.59. The van der Waals surface area contributed by atoms with Crippen molar-refractivity contribution < 1.29 is 13.2 Å². The Morgan fingerprint density at radius 3 is 2.80 bits per heavy atom. The van der Waals surface area contributed by atoms with Crippen LogP contribution in [-0.4, -0.2) is 35.3 Å². The summed E-state index contributed by atoms with van der Waals surface area (Å²) < 4.78 is 27.9. The molecule has 0 atom stereocenters. The third-order valence-electron chi connectivity index (χ3n) is 2.31. The Morgan fingerprint density at radius 1 is 1.60 bits per heavy atom. The minimum atomic E-state index is -3.37. The Morgan fingerprint density at radius 2 is 2.33 bits per heavy atom. The zero-order chi connectivity index (χ0) is 11.1. The molecule has 1 aliphatic rings. The van der Waals surface area contributed by atoms with Gasteiger partial charge in [-0.3, -0.25) is 4.79 Å². The van der Waals surface area contributed by atoms with E-state index in [0.717, 1.165) is 15.8 Å². The Hall–Kier alpha value is -0.950. The van der Waals surface area contributed by atoms with Crippen LogP contribution >= 0.6 is 11.5 Å². The highest BCUT2D eigenvalue weighted by molar-refractivity contribution is 7.89. The first-order chi connectivity index (χ1) is 7.02. The summed E-state index contributed by atoms with van der Waals surface area (Å²) in [7, 11) is -3.37. The van der Waals surface area contributed by atoms with Gasteiger partial charge in [-0.2, -0.15) is 4.37 Å². The van der Waals surface area contributed by atoms with E-state index in [1.807, 2.05) is 0 Å². The largest absolute Gasteiger partial charge is 0.270 e. The summed E-state index contributed by atoms with van der Waals surface area (Å²) in [5.41, 5.74) is 0.984. The second kappa shape index (κ2) is 3.57. The zero-order valence-electron chi connectivity index (χ0n) is 8.13. The number of rotatable bonds is 1. The zero-order valence-corrected chi connectivity index (χ0v) is 9.77. The van der Waals surface area contributed by atoms with Gasteiger partial charge in [0.05, 0.1) is 17.0 Å². The van der Waals surface area contributed by atoms with Gasteiger partial charge in [-0.1, -0.05) is 0 Å². The smallest absolute Gasteiger partial charge is 0.268 e. The molecular formula is C8H10N2O3S2. The Kier molecular flexibility index (Phi) is 2.51. The fourth-order valence-electron chi connectivity index (χ4n) is 1.50. The number of nitrogens with zero attached hydrogens (tertiary/aromatic N) is 2. The fourth-order valence-corrected chi connectivity index (χ4v) is 3.66. The van der Waals surface area contributed by atoms with Crippen LogP contribution < -0.4 is 0 Å². The van der Waals surface area contributed by atoms with Gasteiger partial charge < -0.3 is 0 Å². The molecule has 1 fully saturated rings. The minimum absolute atomic E-state index is 0.0648. The summed E-state index contributed by atoms with van der Waals surface area (Å²) in [6.45, 7) is 1.99. The molecule has 0 radical (unpaired) electrons. The van der Waals surface area contributed by atoms with E-state index in [0.29, 0.717) is 17.7 Å². The van der Waals surface area contributed by atoms with Crippen LogP contribution in [0.2, 0.25) is 0 Å². The third kappa shape index (κ3) is 1.76. The van der Waals surface area contributed by atoms with E-state index >= 15 is 0 Å². The summed E-state index contributed by atoms with van der Waals surface area (Å²) in [6.07, 6.45) is 0.519. The summed E-state index contributed by atoms with van der Waals surface area (Å²) in [5.74, 6) is -0.381. The molecule has 82 valence electrons. The molecule has 2 heterocycles. The van der Waals surface area contributed by atoms with Crippen molar-refractivity contribution in [3.63, 3.8) is 0 Å². The maximum absolute atomic E-state index is 11.9. The number of aromatic nitrogens is 1. The summed E-state index contributed by atoms with van der Waals surface area (Å²) in [6, 6.07) is 0. The van der Waals surface area contributed by atoms with Crippen LogP contribution in [0.4, 0.5) is 0 Å². The van der Waals surface area contributed by atoms with Gasteiger partial charge in [0.2, 0.25) is 10.0 Å². The molecule has 5 nitrogen and oxygen atoms in total. The van der Waals surface area contributed by atoms with E-state index in [1.165, 1.54) is 0 Å². The number of carbonyl (C=O) groups excluding carboxylic acids is 1. The van der Waals surface area contributed by atoms with Gasteiger partial charge in [0.25, 0.3) is 5.91 Å². The van der Waals surface area contributed by atoms with Crippen molar-refractivity contribution in [1.82, 2.24) is 8.68 Å². The Labute approximate surface area is 91.9 Å². The number of aryl methyl sites for hydroxylation is 1. The molecule has 0 aliphatic carbocycles. The van der Waals surface area contributed by atoms with Crippen LogP contribution in [0.3, 0.4) is 0 Å². The fraction of sp³-hybridized carbons (Fsp3) is 0.500. The van der Waals surface area contributed by atoms with E-state index in [2.05, 4.69) is 4.37 Å². The SMILES string of the molecule is Cc1nscc1C(=O)N1CCCS1(=O)=O. The van der Waals surface area contributed by atoms with Crippen LogP contribution in [0.5, 0.6) is 0 Å². The van der Waals surface area contributed by atoms with E-state index < -0.39 is 15.9 Å². The maximum Gasteiger partial charge on any atom is 0.270 e. The molecule has 0 N–H and O–H groups in total. The first-order valence-electron chi connectivity index (χ1n) is 4.48. The predicted octanol–water partition coefficient (Wildman–Crippen LogP) is 0.627. The molecule has 0 spiro atoms. The van der Waals surface area contributed by atoms with Crippen LogP contribution in [0.1, 0.15) is 22.5 Å². The van der Waals surface area contributed by atoms with Crippen molar-refractivity contribution >= 4 is 27.5 Å². The topological polar surface area (TPSA) is 67.3 Å². The van der Waals surface area contributed by atoms with Gasteiger partial charge in [-0.05, 0) is 24.9 Å². The quantitative estimate of drug-likeness (QED) is 0.728. The molecule has 15 heavy (non-hydrogen) atoms.